The molecule has 55 heavy (non-hydrogen) atoms. The second-order valence-electron chi connectivity index (χ2n) is 14.2. The van der Waals surface area contributed by atoms with Gasteiger partial charge in [0.1, 0.15) is 41.1 Å². The SMILES string of the molecule is COc1cc2c(cc1Nc1nccc(-c3c(-c4cccc(C(=O)Nc5c(F)cccc5F)c4)nc4ccccn34)n1)OCC1CC(N3CCCCC3)CCN21. The van der Waals surface area contributed by atoms with Gasteiger partial charge in [-0.1, -0.05) is 30.7 Å². The lowest BCUT2D eigenvalue weighted by atomic mass is 9.93. The highest BCUT2D eigenvalue weighted by Crippen LogP contribution is 2.45. The number of pyridine rings is 1. The van der Waals surface area contributed by atoms with Crippen molar-refractivity contribution in [1.82, 2.24) is 24.3 Å². The number of amides is 1. The normalized spacial score (nSPS) is 18.3. The number of para-hydroxylation sites is 1. The molecule has 3 aromatic heterocycles. The minimum Gasteiger partial charge on any atom is -0.494 e. The number of methoxy groups -OCH3 is 1. The number of imidazole rings is 1. The van der Waals surface area contributed by atoms with E-state index in [1.807, 2.05) is 47.0 Å². The van der Waals surface area contributed by atoms with Crippen LogP contribution in [0.5, 0.6) is 11.5 Å². The van der Waals surface area contributed by atoms with Crippen LogP contribution in [0.25, 0.3) is 28.3 Å². The number of piperidine rings is 2. The molecule has 13 heteroatoms. The Kier molecular flexibility index (Phi) is 9.22. The third-order valence-electron chi connectivity index (χ3n) is 10.9. The summed E-state index contributed by atoms with van der Waals surface area (Å²) in [5, 5.41) is 5.73. The highest BCUT2D eigenvalue weighted by molar-refractivity contribution is 6.05. The maximum Gasteiger partial charge on any atom is 0.255 e. The molecule has 6 heterocycles. The predicted octanol–water partition coefficient (Wildman–Crippen LogP) is 7.96. The lowest BCUT2D eigenvalue weighted by Crippen LogP contribution is -2.54. The van der Waals surface area contributed by atoms with E-state index in [-0.39, 0.29) is 5.56 Å². The van der Waals surface area contributed by atoms with Crippen molar-refractivity contribution in [3.05, 3.63) is 108 Å². The fraction of sp³-hybridized carbons (Fsp3) is 0.286. The van der Waals surface area contributed by atoms with Crippen LogP contribution >= 0.6 is 0 Å². The molecule has 2 saturated heterocycles. The number of hydrogen-bond donors (Lipinski definition) is 2. The van der Waals surface area contributed by atoms with Gasteiger partial charge in [-0.3, -0.25) is 9.20 Å². The van der Waals surface area contributed by atoms with Gasteiger partial charge in [0.15, 0.2) is 0 Å². The minimum absolute atomic E-state index is 0.201. The third kappa shape index (κ3) is 6.69. The van der Waals surface area contributed by atoms with Gasteiger partial charge in [0.05, 0.1) is 41.6 Å². The highest BCUT2D eigenvalue weighted by Gasteiger charge is 2.37. The first kappa shape index (κ1) is 34.7. The first-order chi connectivity index (χ1) is 26.9. The zero-order valence-electron chi connectivity index (χ0n) is 30.3. The molecule has 0 radical (unpaired) electrons. The van der Waals surface area contributed by atoms with Crippen LogP contribution < -0.4 is 25.0 Å². The van der Waals surface area contributed by atoms with Gasteiger partial charge in [0, 0.05) is 48.2 Å². The van der Waals surface area contributed by atoms with Gasteiger partial charge >= 0.3 is 0 Å². The van der Waals surface area contributed by atoms with Gasteiger partial charge in [-0.2, -0.15) is 0 Å². The summed E-state index contributed by atoms with van der Waals surface area (Å²) in [6.45, 7) is 4.01. The number of aromatic nitrogens is 4. The van der Waals surface area contributed by atoms with Crippen molar-refractivity contribution >= 4 is 34.6 Å². The van der Waals surface area contributed by atoms with Crippen molar-refractivity contribution in [3.63, 3.8) is 0 Å². The molecule has 6 aromatic rings. The number of carbonyl (C=O) groups is 1. The Morgan fingerprint density at radius 1 is 0.909 bits per heavy atom. The van der Waals surface area contributed by atoms with E-state index < -0.39 is 23.2 Å². The van der Waals surface area contributed by atoms with Crippen molar-refractivity contribution in [2.24, 2.45) is 0 Å². The number of ether oxygens (including phenoxy) is 2. The molecule has 0 spiro atoms. The summed E-state index contributed by atoms with van der Waals surface area (Å²) in [7, 11) is 1.65. The smallest absolute Gasteiger partial charge is 0.255 e. The molecule has 0 aliphatic carbocycles. The number of benzene rings is 3. The average molecular weight is 743 g/mol. The molecule has 3 aromatic carbocycles. The molecule has 2 N–H and O–H groups in total. The lowest BCUT2D eigenvalue weighted by Gasteiger charge is -2.47. The Labute approximate surface area is 317 Å². The number of nitrogens with zero attached hydrogens (tertiary/aromatic N) is 6. The summed E-state index contributed by atoms with van der Waals surface area (Å²) < 4.78 is 42.9. The van der Waals surface area contributed by atoms with Gasteiger partial charge in [-0.25, -0.2) is 23.7 Å². The summed E-state index contributed by atoms with van der Waals surface area (Å²) in [5.41, 5.74) is 4.47. The largest absolute Gasteiger partial charge is 0.494 e. The minimum atomic E-state index is -0.863. The molecular weight excluding hydrogens is 703 g/mol. The lowest BCUT2D eigenvalue weighted by molar-refractivity contribution is 0.102. The van der Waals surface area contributed by atoms with Crippen LogP contribution in [0.3, 0.4) is 0 Å². The molecule has 280 valence electrons. The molecule has 3 aliphatic rings. The molecule has 0 bridgehead atoms. The molecule has 2 fully saturated rings. The van der Waals surface area contributed by atoms with Crippen molar-refractivity contribution in [2.75, 3.05) is 48.9 Å². The maximum atomic E-state index is 14.3. The molecule has 1 amide bonds. The predicted molar refractivity (Wildman–Crippen MR) is 207 cm³/mol. The van der Waals surface area contributed by atoms with Gasteiger partial charge in [-0.05, 0) is 81.2 Å². The second kappa shape index (κ2) is 14.6. The van der Waals surface area contributed by atoms with E-state index in [1.54, 1.807) is 37.6 Å². The number of rotatable bonds is 8. The number of hydrogen-bond acceptors (Lipinski definition) is 9. The number of likely N-dealkylation sites (tertiary alicyclic amines) is 1. The maximum absolute atomic E-state index is 14.3. The van der Waals surface area contributed by atoms with Gasteiger partial charge in [0.25, 0.3) is 5.91 Å². The Morgan fingerprint density at radius 3 is 2.58 bits per heavy atom. The quantitative estimate of drug-likeness (QED) is 0.161. The van der Waals surface area contributed by atoms with E-state index in [9.17, 15) is 13.6 Å². The van der Waals surface area contributed by atoms with E-state index in [2.05, 4.69) is 25.4 Å². The standard InChI is InChI=1S/C42H40F2N8O3/c1-54-35-24-34-36(55-25-29-22-28(15-20-51(29)34)50-17-4-2-5-18-50)23-33(35)47-42-45-16-14-32(46-42)40-38(48-37-13-3-6-19-52(37)40)26-9-7-10-27(21-26)41(53)49-39-30(43)11-8-12-31(39)44/h3,6-14,16,19,21,23-24,28-29H,2,4-5,15,17-18,20,22,25H2,1H3,(H,49,53)(H,45,46,47). The molecule has 2 unspecified atom stereocenters. The topological polar surface area (TPSA) is 109 Å². The van der Waals surface area contributed by atoms with Crippen LogP contribution in [0.2, 0.25) is 0 Å². The van der Waals surface area contributed by atoms with Crippen molar-refractivity contribution < 1.29 is 23.0 Å². The monoisotopic (exact) mass is 742 g/mol. The first-order valence-corrected chi connectivity index (χ1v) is 18.7. The van der Waals surface area contributed by atoms with Gasteiger partial charge < -0.3 is 29.9 Å². The number of halogens is 2. The molecule has 0 saturated carbocycles. The van der Waals surface area contributed by atoms with Crippen LogP contribution in [0.15, 0.2) is 91.3 Å². The molecular formula is C42H40F2N8O3. The summed E-state index contributed by atoms with van der Waals surface area (Å²) >= 11 is 0. The van der Waals surface area contributed by atoms with Crippen LogP contribution in [-0.2, 0) is 0 Å². The molecule has 3 aliphatic heterocycles. The molecule has 9 rings (SSSR count). The average Bonchev–Trinajstić information content (AvgIpc) is 3.62. The van der Waals surface area contributed by atoms with Crippen molar-refractivity contribution in [1.29, 1.82) is 0 Å². The first-order valence-electron chi connectivity index (χ1n) is 18.7. The Balaban J connectivity index is 1.00. The van der Waals surface area contributed by atoms with Crippen LogP contribution in [0.1, 0.15) is 42.5 Å². The van der Waals surface area contributed by atoms with E-state index in [1.165, 1.54) is 38.4 Å². The van der Waals surface area contributed by atoms with Crippen molar-refractivity contribution in [2.45, 2.75) is 44.2 Å². The number of carbonyl (C=O) groups excluding carboxylic acids is 1. The summed E-state index contributed by atoms with van der Waals surface area (Å²) in [6.07, 6.45) is 9.71. The number of anilines is 4. The number of nitrogens with one attached hydrogen (secondary N) is 2. The van der Waals surface area contributed by atoms with E-state index in [4.69, 9.17) is 19.4 Å². The van der Waals surface area contributed by atoms with Gasteiger partial charge in [-0.15, -0.1) is 0 Å². The van der Waals surface area contributed by atoms with E-state index in [0.29, 0.717) is 64.4 Å². The summed E-state index contributed by atoms with van der Waals surface area (Å²) in [5.74, 6) is -0.613. The Hall–Kier alpha value is -6.08. The van der Waals surface area contributed by atoms with Crippen LogP contribution in [0, 0.1) is 11.6 Å². The van der Waals surface area contributed by atoms with E-state index in [0.717, 1.165) is 43.0 Å². The Bertz CT molecular complexity index is 2380. The zero-order chi connectivity index (χ0) is 37.5. The molecule has 2 atom stereocenters. The summed E-state index contributed by atoms with van der Waals surface area (Å²) in [4.78, 5) is 32.8. The zero-order valence-corrected chi connectivity index (χ0v) is 30.3. The molecule has 11 nitrogen and oxygen atoms in total. The van der Waals surface area contributed by atoms with Crippen LogP contribution in [-0.4, -0.2) is 75.6 Å². The van der Waals surface area contributed by atoms with Gasteiger partial charge in [0.2, 0.25) is 5.95 Å². The fourth-order valence-corrected chi connectivity index (χ4v) is 8.19. The highest BCUT2D eigenvalue weighted by atomic mass is 19.1. The summed E-state index contributed by atoms with van der Waals surface area (Å²) in [6, 6.07) is 22.5. The number of fused-ring (bicyclic) bond motifs is 4. The fourth-order valence-electron chi connectivity index (χ4n) is 8.19. The third-order valence-corrected chi connectivity index (χ3v) is 10.9. The Morgan fingerprint density at radius 2 is 1.75 bits per heavy atom. The van der Waals surface area contributed by atoms with Crippen molar-refractivity contribution in [3.8, 4) is 34.1 Å². The van der Waals surface area contributed by atoms with E-state index >= 15 is 0 Å². The van der Waals surface area contributed by atoms with Crippen LogP contribution in [0.4, 0.5) is 31.8 Å². The second-order valence-corrected chi connectivity index (χ2v) is 14.2.